The highest BCUT2D eigenvalue weighted by Crippen LogP contribution is 2.18. The largest absolute Gasteiger partial charge is 0.344 e. The van der Waals surface area contributed by atoms with Crippen LogP contribution >= 0.6 is 0 Å². The van der Waals surface area contributed by atoms with E-state index in [1.165, 1.54) is 5.56 Å². The number of aryl methyl sites for hydroxylation is 1. The molecular formula is C13H18N2O. The Morgan fingerprint density at radius 3 is 2.69 bits per heavy atom. The first-order valence-electron chi connectivity index (χ1n) is 5.73. The molecule has 16 heavy (non-hydrogen) atoms. The normalized spacial score (nSPS) is 22.0. The van der Waals surface area contributed by atoms with E-state index in [1.807, 2.05) is 24.1 Å². The molecule has 1 aromatic carbocycles. The molecular weight excluding hydrogens is 200 g/mol. The Morgan fingerprint density at radius 2 is 2.00 bits per heavy atom. The molecule has 0 aliphatic carbocycles. The zero-order valence-electron chi connectivity index (χ0n) is 9.86. The molecule has 1 heterocycles. The molecule has 3 nitrogen and oxygen atoms in total. The number of amides is 1. The fourth-order valence-corrected chi connectivity index (χ4v) is 2.00. The van der Waals surface area contributed by atoms with Crippen LogP contribution in [0.5, 0.6) is 0 Å². The van der Waals surface area contributed by atoms with Crippen molar-refractivity contribution in [3.63, 3.8) is 0 Å². The van der Waals surface area contributed by atoms with Crippen molar-refractivity contribution in [3.05, 3.63) is 35.4 Å². The molecule has 3 heteroatoms. The summed E-state index contributed by atoms with van der Waals surface area (Å²) in [5.74, 6) is 0.168. The molecule has 1 saturated heterocycles. The molecule has 1 atom stereocenters. The van der Waals surface area contributed by atoms with Crippen LogP contribution in [0.4, 0.5) is 0 Å². The van der Waals surface area contributed by atoms with Gasteiger partial charge in [-0.2, -0.15) is 0 Å². The van der Waals surface area contributed by atoms with Gasteiger partial charge in [-0.25, -0.2) is 0 Å². The first kappa shape index (κ1) is 11.1. The van der Waals surface area contributed by atoms with E-state index in [2.05, 4.69) is 24.4 Å². The summed E-state index contributed by atoms with van der Waals surface area (Å²) in [4.78, 5) is 13.9. The van der Waals surface area contributed by atoms with Gasteiger partial charge >= 0.3 is 0 Å². The standard InChI is InChI=1S/C13H18N2O/c1-10-4-6-11(7-5-10)12-13(16)15(2)9-3-8-14-12/h4-7,12,14H,3,8-9H2,1-2H3. The van der Waals surface area contributed by atoms with Gasteiger partial charge in [0.15, 0.2) is 0 Å². The third-order valence-electron chi connectivity index (χ3n) is 3.05. The van der Waals surface area contributed by atoms with Gasteiger partial charge in [-0.15, -0.1) is 0 Å². The van der Waals surface area contributed by atoms with Crippen LogP contribution < -0.4 is 5.32 Å². The summed E-state index contributed by atoms with van der Waals surface area (Å²) in [5, 5.41) is 3.31. The van der Waals surface area contributed by atoms with Crippen LogP contribution in [-0.2, 0) is 4.79 Å². The van der Waals surface area contributed by atoms with Crippen molar-refractivity contribution < 1.29 is 4.79 Å². The number of benzene rings is 1. The number of carbonyl (C=O) groups is 1. The summed E-state index contributed by atoms with van der Waals surface area (Å²) in [6, 6.07) is 7.99. The maximum Gasteiger partial charge on any atom is 0.244 e. The van der Waals surface area contributed by atoms with E-state index < -0.39 is 0 Å². The number of hydrogen-bond donors (Lipinski definition) is 1. The topological polar surface area (TPSA) is 32.3 Å². The van der Waals surface area contributed by atoms with Crippen molar-refractivity contribution in [2.45, 2.75) is 19.4 Å². The van der Waals surface area contributed by atoms with Gasteiger partial charge in [-0.05, 0) is 25.5 Å². The highest BCUT2D eigenvalue weighted by atomic mass is 16.2. The summed E-state index contributed by atoms with van der Waals surface area (Å²) >= 11 is 0. The Kier molecular flexibility index (Phi) is 3.25. The van der Waals surface area contributed by atoms with Crippen LogP contribution in [0.2, 0.25) is 0 Å². The maximum atomic E-state index is 12.1. The number of likely N-dealkylation sites (N-methyl/N-ethyl adjacent to an activating group) is 1. The summed E-state index contributed by atoms with van der Waals surface area (Å²) in [6.45, 7) is 3.79. The average molecular weight is 218 g/mol. The molecule has 1 aliphatic heterocycles. The van der Waals surface area contributed by atoms with Gasteiger partial charge in [0.05, 0.1) is 0 Å². The minimum Gasteiger partial charge on any atom is -0.344 e. The van der Waals surface area contributed by atoms with E-state index in [1.54, 1.807) is 0 Å². The maximum absolute atomic E-state index is 12.1. The van der Waals surface area contributed by atoms with Crippen molar-refractivity contribution in [1.29, 1.82) is 0 Å². The fraction of sp³-hybridized carbons (Fsp3) is 0.462. The van der Waals surface area contributed by atoms with Gasteiger partial charge < -0.3 is 10.2 Å². The van der Waals surface area contributed by atoms with E-state index in [-0.39, 0.29) is 11.9 Å². The van der Waals surface area contributed by atoms with E-state index >= 15 is 0 Å². The number of nitrogens with zero attached hydrogens (tertiary/aromatic N) is 1. The van der Waals surface area contributed by atoms with Crippen LogP contribution in [0, 0.1) is 6.92 Å². The molecule has 0 spiro atoms. The van der Waals surface area contributed by atoms with E-state index in [4.69, 9.17) is 0 Å². The van der Waals surface area contributed by atoms with Gasteiger partial charge in [-0.1, -0.05) is 29.8 Å². The molecule has 0 saturated carbocycles. The van der Waals surface area contributed by atoms with Gasteiger partial charge in [0, 0.05) is 13.6 Å². The first-order chi connectivity index (χ1) is 7.68. The fourth-order valence-electron chi connectivity index (χ4n) is 2.00. The lowest BCUT2D eigenvalue weighted by molar-refractivity contribution is -0.131. The summed E-state index contributed by atoms with van der Waals surface area (Å²) in [7, 11) is 1.87. The van der Waals surface area contributed by atoms with Crippen molar-refractivity contribution >= 4 is 5.91 Å². The SMILES string of the molecule is Cc1ccc(C2NCCCN(C)C2=O)cc1. The van der Waals surface area contributed by atoms with E-state index in [9.17, 15) is 4.79 Å². The Labute approximate surface area is 96.5 Å². The molecule has 1 amide bonds. The molecule has 1 aliphatic rings. The highest BCUT2D eigenvalue weighted by Gasteiger charge is 2.25. The second-order valence-corrected chi connectivity index (χ2v) is 4.41. The van der Waals surface area contributed by atoms with Crippen LogP contribution in [0.25, 0.3) is 0 Å². The van der Waals surface area contributed by atoms with Crippen LogP contribution in [-0.4, -0.2) is 30.9 Å². The van der Waals surface area contributed by atoms with E-state index in [0.29, 0.717) is 0 Å². The van der Waals surface area contributed by atoms with Crippen molar-refractivity contribution in [2.24, 2.45) is 0 Å². The van der Waals surface area contributed by atoms with Crippen LogP contribution in [0.1, 0.15) is 23.6 Å². The number of nitrogens with one attached hydrogen (secondary N) is 1. The zero-order chi connectivity index (χ0) is 11.5. The summed E-state index contributed by atoms with van der Waals surface area (Å²) in [6.07, 6.45) is 1.02. The Hall–Kier alpha value is -1.35. The number of hydrogen-bond acceptors (Lipinski definition) is 2. The monoisotopic (exact) mass is 218 g/mol. The smallest absolute Gasteiger partial charge is 0.244 e. The predicted octanol–water partition coefficient (Wildman–Crippen LogP) is 1.49. The minimum absolute atomic E-state index is 0.168. The van der Waals surface area contributed by atoms with Crippen LogP contribution in [0.3, 0.4) is 0 Å². The molecule has 0 radical (unpaired) electrons. The molecule has 1 unspecified atom stereocenters. The third kappa shape index (κ3) is 2.25. The second-order valence-electron chi connectivity index (χ2n) is 4.41. The lowest BCUT2D eigenvalue weighted by Gasteiger charge is -2.20. The van der Waals surface area contributed by atoms with Gasteiger partial charge in [-0.3, -0.25) is 4.79 Å². The average Bonchev–Trinajstić information content (AvgIpc) is 2.44. The van der Waals surface area contributed by atoms with Crippen molar-refractivity contribution in [1.82, 2.24) is 10.2 Å². The molecule has 1 N–H and O–H groups in total. The van der Waals surface area contributed by atoms with Gasteiger partial charge in [0.2, 0.25) is 5.91 Å². The molecule has 1 aromatic rings. The first-order valence-corrected chi connectivity index (χ1v) is 5.73. The Bertz CT molecular complexity index is 372. The van der Waals surface area contributed by atoms with Crippen LogP contribution in [0.15, 0.2) is 24.3 Å². The molecule has 1 fully saturated rings. The zero-order valence-corrected chi connectivity index (χ0v) is 9.86. The molecule has 86 valence electrons. The predicted molar refractivity (Wildman–Crippen MR) is 64.2 cm³/mol. The van der Waals surface area contributed by atoms with Gasteiger partial charge in [0.1, 0.15) is 6.04 Å². The van der Waals surface area contributed by atoms with Crippen molar-refractivity contribution in [2.75, 3.05) is 20.1 Å². The minimum atomic E-state index is -0.173. The van der Waals surface area contributed by atoms with E-state index in [0.717, 1.165) is 25.1 Å². The summed E-state index contributed by atoms with van der Waals surface area (Å²) in [5.41, 5.74) is 2.28. The summed E-state index contributed by atoms with van der Waals surface area (Å²) < 4.78 is 0. The number of rotatable bonds is 1. The number of carbonyl (C=O) groups excluding carboxylic acids is 1. The lowest BCUT2D eigenvalue weighted by atomic mass is 10.0. The Balaban J connectivity index is 2.24. The third-order valence-corrected chi connectivity index (χ3v) is 3.05. The molecule has 0 aromatic heterocycles. The van der Waals surface area contributed by atoms with Gasteiger partial charge in [0.25, 0.3) is 0 Å². The molecule has 0 bridgehead atoms. The lowest BCUT2D eigenvalue weighted by Crippen LogP contribution is -2.35. The Morgan fingerprint density at radius 1 is 1.31 bits per heavy atom. The molecule has 2 rings (SSSR count). The highest BCUT2D eigenvalue weighted by molar-refractivity contribution is 5.83. The second kappa shape index (κ2) is 4.66. The quantitative estimate of drug-likeness (QED) is 0.774. The van der Waals surface area contributed by atoms with Crippen molar-refractivity contribution in [3.8, 4) is 0 Å².